The number of hydrogen-bond acceptors (Lipinski definition) is 3. The van der Waals surface area contributed by atoms with E-state index in [2.05, 4.69) is 0 Å². The van der Waals surface area contributed by atoms with Crippen molar-refractivity contribution in [2.75, 3.05) is 0 Å². The molecule has 3 rings (SSSR count). The largest absolute Gasteiger partial charge is 0.276 e. The molecular weight excluding hydrogens is 246 g/mol. The van der Waals surface area contributed by atoms with E-state index in [0.717, 1.165) is 29.9 Å². The van der Waals surface area contributed by atoms with Gasteiger partial charge in [-0.2, -0.15) is 0 Å². The summed E-state index contributed by atoms with van der Waals surface area (Å²) in [6.07, 6.45) is 5.98. The third-order valence-electron chi connectivity index (χ3n) is 3.75. The van der Waals surface area contributed by atoms with Crippen LogP contribution in [0.25, 0.3) is 5.52 Å². The average Bonchev–Trinajstić information content (AvgIpc) is 2.78. The highest BCUT2D eigenvalue weighted by Crippen LogP contribution is 2.32. The van der Waals surface area contributed by atoms with E-state index in [1.165, 1.54) is 25.3 Å². The van der Waals surface area contributed by atoms with Crippen LogP contribution < -0.4 is 10.3 Å². The Morgan fingerprint density at radius 2 is 1.83 bits per heavy atom. The van der Waals surface area contributed by atoms with Gasteiger partial charge >= 0.3 is 0 Å². The first kappa shape index (κ1) is 11.7. The van der Waals surface area contributed by atoms with Gasteiger partial charge in [0.25, 0.3) is 10.3 Å². The molecule has 1 fully saturated rings. The summed E-state index contributed by atoms with van der Waals surface area (Å²) < 4.78 is 1.58. The molecule has 0 saturated heterocycles. The molecule has 2 aromatic heterocycles. The third-order valence-corrected chi connectivity index (χ3v) is 4.45. The van der Waals surface area contributed by atoms with Crippen LogP contribution in [-0.2, 0) is 0 Å². The summed E-state index contributed by atoms with van der Waals surface area (Å²) in [5.41, 5.74) is 1.46. The number of fused-ring (bicyclic) bond motifs is 1. The Labute approximate surface area is 109 Å². The van der Waals surface area contributed by atoms with Crippen LogP contribution >= 0.6 is 11.3 Å². The number of rotatable bonds is 1. The molecular formula is C14H15NO2S. The topological polar surface area (TPSA) is 38.5 Å². The molecule has 0 N–H and O–H groups in total. The van der Waals surface area contributed by atoms with Crippen LogP contribution in [0.4, 0.5) is 0 Å². The summed E-state index contributed by atoms with van der Waals surface area (Å²) in [5.74, 6) is 0.431. The fraction of sp³-hybridized carbons (Fsp3) is 0.429. The van der Waals surface area contributed by atoms with Crippen molar-refractivity contribution in [1.82, 2.24) is 4.40 Å². The molecule has 0 bridgehead atoms. The van der Waals surface area contributed by atoms with Gasteiger partial charge in [0.1, 0.15) is 5.52 Å². The minimum Gasteiger partial charge on any atom is -0.276 e. The van der Waals surface area contributed by atoms with Crippen LogP contribution in [0.5, 0.6) is 0 Å². The normalized spacial score (nSPS) is 17.1. The molecule has 0 radical (unpaired) electrons. The van der Waals surface area contributed by atoms with Crippen molar-refractivity contribution >= 4 is 16.9 Å². The highest BCUT2D eigenvalue weighted by molar-refractivity contribution is 7.07. The lowest BCUT2D eigenvalue weighted by Crippen LogP contribution is -2.16. The van der Waals surface area contributed by atoms with Crippen molar-refractivity contribution < 1.29 is 0 Å². The SMILES string of the molecule is O=c1sccc(=O)n2c(C3CCCCC3)ccc12. The monoisotopic (exact) mass is 261 g/mol. The third kappa shape index (κ3) is 1.90. The number of hydrogen-bond donors (Lipinski definition) is 0. The van der Waals surface area contributed by atoms with Crippen molar-refractivity contribution in [1.29, 1.82) is 0 Å². The van der Waals surface area contributed by atoms with E-state index in [4.69, 9.17) is 0 Å². The van der Waals surface area contributed by atoms with Gasteiger partial charge in [0, 0.05) is 17.1 Å². The zero-order valence-electron chi connectivity index (χ0n) is 10.1. The highest BCUT2D eigenvalue weighted by Gasteiger charge is 2.19. The molecule has 94 valence electrons. The number of nitrogens with zero attached hydrogens (tertiary/aromatic N) is 1. The molecule has 0 amide bonds. The Hall–Kier alpha value is -1.42. The van der Waals surface area contributed by atoms with E-state index in [0.29, 0.717) is 11.4 Å². The smallest absolute Gasteiger partial charge is 0.256 e. The quantitative estimate of drug-likeness (QED) is 0.791. The molecule has 0 spiro atoms. The maximum atomic E-state index is 12.1. The van der Waals surface area contributed by atoms with Gasteiger partial charge in [0.05, 0.1) is 0 Å². The van der Waals surface area contributed by atoms with E-state index in [1.54, 1.807) is 15.8 Å². The fourth-order valence-electron chi connectivity index (χ4n) is 2.86. The van der Waals surface area contributed by atoms with Gasteiger partial charge in [0.15, 0.2) is 0 Å². The molecule has 0 unspecified atom stereocenters. The molecule has 0 aromatic carbocycles. The second-order valence-corrected chi connectivity index (χ2v) is 5.74. The maximum absolute atomic E-state index is 12.1. The first-order valence-electron chi connectivity index (χ1n) is 6.41. The van der Waals surface area contributed by atoms with Gasteiger partial charge in [-0.3, -0.25) is 14.0 Å². The van der Waals surface area contributed by atoms with Gasteiger partial charge < -0.3 is 0 Å². The molecule has 3 nitrogen and oxygen atoms in total. The molecule has 0 aliphatic heterocycles. The lowest BCUT2D eigenvalue weighted by atomic mass is 9.87. The summed E-state index contributed by atoms with van der Waals surface area (Å²) in [6.45, 7) is 0. The Morgan fingerprint density at radius 3 is 2.61 bits per heavy atom. The summed E-state index contributed by atoms with van der Waals surface area (Å²) in [4.78, 5) is 24.0. The van der Waals surface area contributed by atoms with Gasteiger partial charge in [-0.05, 0) is 30.9 Å². The Kier molecular flexibility index (Phi) is 3.04. The van der Waals surface area contributed by atoms with Gasteiger partial charge in [-0.1, -0.05) is 19.3 Å². The van der Waals surface area contributed by atoms with Crippen LogP contribution in [0, 0.1) is 0 Å². The molecule has 2 heterocycles. The van der Waals surface area contributed by atoms with Gasteiger partial charge in [0.2, 0.25) is 0 Å². The summed E-state index contributed by atoms with van der Waals surface area (Å²) >= 11 is 1.08. The van der Waals surface area contributed by atoms with Crippen LogP contribution in [0.1, 0.15) is 43.7 Å². The zero-order valence-corrected chi connectivity index (χ0v) is 10.9. The predicted octanol–water partition coefficient (Wildman–Crippen LogP) is 2.77. The van der Waals surface area contributed by atoms with E-state index in [-0.39, 0.29) is 10.3 Å². The molecule has 18 heavy (non-hydrogen) atoms. The molecule has 0 atom stereocenters. The van der Waals surface area contributed by atoms with Crippen molar-refractivity contribution in [3.8, 4) is 0 Å². The maximum Gasteiger partial charge on any atom is 0.256 e. The van der Waals surface area contributed by atoms with Crippen LogP contribution in [-0.4, -0.2) is 4.40 Å². The molecule has 4 heteroatoms. The van der Waals surface area contributed by atoms with E-state index >= 15 is 0 Å². The van der Waals surface area contributed by atoms with Crippen molar-refractivity contribution in [3.05, 3.63) is 49.2 Å². The second kappa shape index (κ2) is 4.69. The molecule has 1 saturated carbocycles. The van der Waals surface area contributed by atoms with Gasteiger partial charge in [-0.15, -0.1) is 11.3 Å². The Balaban J connectivity index is 2.25. The van der Waals surface area contributed by atoms with E-state index < -0.39 is 0 Å². The molecule has 1 aliphatic rings. The Morgan fingerprint density at radius 1 is 1.06 bits per heavy atom. The van der Waals surface area contributed by atoms with Crippen LogP contribution in [0.15, 0.2) is 33.2 Å². The van der Waals surface area contributed by atoms with Crippen molar-refractivity contribution in [2.45, 2.75) is 38.0 Å². The van der Waals surface area contributed by atoms with Crippen LogP contribution in [0.3, 0.4) is 0 Å². The molecule has 2 aromatic rings. The first-order valence-corrected chi connectivity index (χ1v) is 7.29. The Bertz CT molecular complexity index is 680. The lowest BCUT2D eigenvalue weighted by molar-refractivity contribution is 0.434. The fourth-order valence-corrected chi connectivity index (χ4v) is 3.45. The average molecular weight is 261 g/mol. The second-order valence-electron chi connectivity index (χ2n) is 4.86. The highest BCUT2D eigenvalue weighted by atomic mass is 32.1. The van der Waals surface area contributed by atoms with E-state index in [1.807, 2.05) is 6.07 Å². The van der Waals surface area contributed by atoms with Crippen molar-refractivity contribution in [3.63, 3.8) is 0 Å². The first-order chi connectivity index (χ1) is 8.77. The van der Waals surface area contributed by atoms with Crippen LogP contribution in [0.2, 0.25) is 0 Å². The standard InChI is InChI=1S/C14H15NO2S/c16-13-8-9-18-14(17)12-7-6-11(15(12)13)10-4-2-1-3-5-10/h6-10H,1-5H2. The zero-order chi connectivity index (χ0) is 12.5. The number of aromatic nitrogens is 1. The predicted molar refractivity (Wildman–Crippen MR) is 73.6 cm³/mol. The van der Waals surface area contributed by atoms with Gasteiger partial charge in [-0.25, -0.2) is 0 Å². The van der Waals surface area contributed by atoms with E-state index in [9.17, 15) is 9.59 Å². The lowest BCUT2D eigenvalue weighted by Gasteiger charge is -2.21. The summed E-state index contributed by atoms with van der Waals surface area (Å²) in [5, 5.41) is 1.59. The summed E-state index contributed by atoms with van der Waals surface area (Å²) in [7, 11) is 0. The minimum atomic E-state index is -0.0890. The molecule has 1 aliphatic carbocycles. The van der Waals surface area contributed by atoms with Crippen molar-refractivity contribution in [2.24, 2.45) is 0 Å². The summed E-state index contributed by atoms with van der Waals surface area (Å²) in [6, 6.07) is 5.25. The minimum absolute atomic E-state index is 0.0424.